The van der Waals surface area contributed by atoms with Gasteiger partial charge in [0.25, 0.3) is 0 Å². The zero-order chi connectivity index (χ0) is 8.53. The quantitative estimate of drug-likeness (QED) is 0.464. The Hall–Kier alpha value is 0.394. The lowest BCUT2D eigenvalue weighted by atomic mass is 10.3. The fraction of sp³-hybridized carbons (Fsp3) is 1.00. The van der Waals surface area contributed by atoms with Gasteiger partial charge in [-0.1, -0.05) is 38.9 Å². The molecule has 0 heterocycles. The Labute approximate surface area is 76.1 Å². The zero-order valence-electron chi connectivity index (χ0n) is 8.32. The van der Waals surface area contributed by atoms with Gasteiger partial charge < -0.3 is 4.98 Å². The molecule has 1 N–H and O–H groups in total. The van der Waals surface area contributed by atoms with Crippen molar-refractivity contribution in [2.24, 2.45) is 0 Å². The second-order valence-corrected chi connectivity index (χ2v) is 6.65. The van der Waals surface area contributed by atoms with E-state index in [1.807, 2.05) is 0 Å². The average molecular weight is 189 g/mol. The van der Waals surface area contributed by atoms with E-state index in [2.05, 4.69) is 25.4 Å². The molecule has 1 nitrogen and oxygen atoms in total. The second kappa shape index (κ2) is 8.49. The summed E-state index contributed by atoms with van der Waals surface area (Å²) >= 11 is 0. The van der Waals surface area contributed by atoms with E-state index in [1.165, 1.54) is 18.9 Å². The molecule has 0 bridgehead atoms. The predicted octanol–water partition coefficient (Wildman–Crippen LogP) is 0.902. The molecule has 0 rings (SSSR count). The van der Waals surface area contributed by atoms with Gasteiger partial charge in [0.2, 0.25) is 0 Å². The summed E-state index contributed by atoms with van der Waals surface area (Å²) in [5.41, 5.74) is 0. The normalized spacial score (nSPS) is 15.5. The van der Waals surface area contributed by atoms with Gasteiger partial charge in [0, 0.05) is 9.52 Å². The Kier molecular flexibility index (Phi) is 8.79. The van der Waals surface area contributed by atoms with Crippen LogP contribution >= 0.6 is 0 Å². The van der Waals surface area contributed by atoms with Crippen molar-refractivity contribution >= 4 is 19.2 Å². The Morgan fingerprint density at radius 2 is 2.09 bits per heavy atom. The molecular formula is C8H23NSi2. The minimum atomic E-state index is 0.105. The standard InChI is InChI=1S/C8H23NSi2/c1-4-8(2)9-11-7-5-6-10-3/h8-9H,4-7,10-11H2,1-3H3. The molecular weight excluding hydrogens is 166 g/mol. The molecule has 0 fully saturated rings. The summed E-state index contributed by atoms with van der Waals surface area (Å²) < 4.78 is 0. The fourth-order valence-corrected chi connectivity index (χ4v) is 4.19. The molecule has 0 aliphatic heterocycles. The number of nitrogens with one attached hydrogen (secondary N) is 1. The van der Waals surface area contributed by atoms with Crippen molar-refractivity contribution in [2.45, 2.75) is 51.4 Å². The summed E-state index contributed by atoms with van der Waals surface area (Å²) in [6.45, 7) is 6.95. The van der Waals surface area contributed by atoms with Gasteiger partial charge >= 0.3 is 0 Å². The molecule has 0 aromatic heterocycles. The molecule has 11 heavy (non-hydrogen) atoms. The Morgan fingerprint density at radius 1 is 1.36 bits per heavy atom. The molecule has 0 spiro atoms. The molecule has 0 aromatic rings. The van der Waals surface area contributed by atoms with E-state index in [9.17, 15) is 0 Å². The third kappa shape index (κ3) is 8.30. The van der Waals surface area contributed by atoms with Crippen LogP contribution in [0.15, 0.2) is 0 Å². The van der Waals surface area contributed by atoms with Crippen LogP contribution in [-0.2, 0) is 0 Å². The minimum Gasteiger partial charge on any atom is -0.340 e. The van der Waals surface area contributed by atoms with Crippen molar-refractivity contribution in [3.05, 3.63) is 0 Å². The van der Waals surface area contributed by atoms with Crippen LogP contribution in [0.1, 0.15) is 26.7 Å². The zero-order valence-corrected chi connectivity index (χ0v) is 11.1. The van der Waals surface area contributed by atoms with Gasteiger partial charge in [-0.25, -0.2) is 0 Å². The first-order chi connectivity index (χ1) is 5.31. The summed E-state index contributed by atoms with van der Waals surface area (Å²) in [6.07, 6.45) is 2.80. The molecule has 0 aliphatic rings. The molecule has 68 valence electrons. The van der Waals surface area contributed by atoms with Gasteiger partial charge in [0.1, 0.15) is 0 Å². The van der Waals surface area contributed by atoms with Crippen LogP contribution in [0.2, 0.25) is 18.6 Å². The maximum Gasteiger partial charge on any atom is 0.0918 e. The summed E-state index contributed by atoms with van der Waals surface area (Å²) in [5.74, 6) is 0. The molecule has 0 saturated carbocycles. The molecule has 1 unspecified atom stereocenters. The Morgan fingerprint density at radius 3 is 2.64 bits per heavy atom. The lowest BCUT2D eigenvalue weighted by Crippen LogP contribution is -2.28. The fourth-order valence-electron chi connectivity index (χ4n) is 1.04. The van der Waals surface area contributed by atoms with Gasteiger partial charge in [0.15, 0.2) is 0 Å². The maximum absolute atomic E-state index is 3.65. The summed E-state index contributed by atoms with van der Waals surface area (Å²) in [5, 5.41) is 0. The number of hydrogen-bond donors (Lipinski definition) is 1. The van der Waals surface area contributed by atoms with Crippen LogP contribution in [0.25, 0.3) is 0 Å². The average Bonchev–Trinajstić information content (AvgIpc) is 2.04. The van der Waals surface area contributed by atoms with Crippen LogP contribution in [0.3, 0.4) is 0 Å². The van der Waals surface area contributed by atoms with Crippen molar-refractivity contribution < 1.29 is 0 Å². The highest BCUT2D eigenvalue weighted by Gasteiger charge is 1.95. The van der Waals surface area contributed by atoms with Crippen molar-refractivity contribution in [3.8, 4) is 0 Å². The van der Waals surface area contributed by atoms with Crippen molar-refractivity contribution in [3.63, 3.8) is 0 Å². The maximum atomic E-state index is 3.65. The molecule has 3 heteroatoms. The summed E-state index contributed by atoms with van der Waals surface area (Å²) in [4.78, 5) is 3.65. The van der Waals surface area contributed by atoms with E-state index in [0.29, 0.717) is 9.52 Å². The van der Waals surface area contributed by atoms with Gasteiger partial charge in [-0.2, -0.15) is 0 Å². The highest BCUT2D eigenvalue weighted by Crippen LogP contribution is 1.94. The van der Waals surface area contributed by atoms with E-state index in [4.69, 9.17) is 0 Å². The monoisotopic (exact) mass is 189 g/mol. The highest BCUT2D eigenvalue weighted by molar-refractivity contribution is 6.34. The molecule has 1 atom stereocenters. The third-order valence-electron chi connectivity index (χ3n) is 2.14. The topological polar surface area (TPSA) is 12.0 Å². The Bertz CT molecular complexity index is 78.5. The predicted molar refractivity (Wildman–Crippen MR) is 60.1 cm³/mol. The van der Waals surface area contributed by atoms with Gasteiger partial charge in [-0.05, 0) is 12.5 Å². The minimum absolute atomic E-state index is 0.105. The van der Waals surface area contributed by atoms with E-state index >= 15 is 0 Å². The van der Waals surface area contributed by atoms with Crippen LogP contribution < -0.4 is 4.98 Å². The van der Waals surface area contributed by atoms with E-state index < -0.39 is 0 Å². The number of rotatable bonds is 7. The lowest BCUT2D eigenvalue weighted by Gasteiger charge is -2.09. The van der Waals surface area contributed by atoms with E-state index in [1.54, 1.807) is 6.04 Å². The van der Waals surface area contributed by atoms with E-state index in [0.717, 1.165) is 6.04 Å². The summed E-state index contributed by atoms with van der Waals surface area (Å²) in [7, 11) is 0.461. The largest absolute Gasteiger partial charge is 0.340 e. The smallest absolute Gasteiger partial charge is 0.0918 e. The molecule has 0 amide bonds. The molecule has 0 radical (unpaired) electrons. The highest BCUT2D eigenvalue weighted by atomic mass is 28.2. The van der Waals surface area contributed by atoms with Crippen LogP contribution in [0.4, 0.5) is 0 Å². The van der Waals surface area contributed by atoms with Gasteiger partial charge in [0.05, 0.1) is 9.68 Å². The van der Waals surface area contributed by atoms with Crippen molar-refractivity contribution in [2.75, 3.05) is 0 Å². The Balaban J connectivity index is 2.89. The summed E-state index contributed by atoms with van der Waals surface area (Å²) in [6, 6.07) is 3.86. The van der Waals surface area contributed by atoms with Crippen LogP contribution in [0.5, 0.6) is 0 Å². The van der Waals surface area contributed by atoms with Crippen molar-refractivity contribution in [1.29, 1.82) is 0 Å². The van der Waals surface area contributed by atoms with Gasteiger partial charge in [-0.3, -0.25) is 0 Å². The molecule has 0 aromatic carbocycles. The van der Waals surface area contributed by atoms with Gasteiger partial charge in [-0.15, -0.1) is 0 Å². The van der Waals surface area contributed by atoms with E-state index in [-0.39, 0.29) is 9.68 Å². The molecule has 0 aliphatic carbocycles. The van der Waals surface area contributed by atoms with Crippen molar-refractivity contribution in [1.82, 2.24) is 4.98 Å². The first-order valence-corrected chi connectivity index (χ1v) is 9.16. The number of hydrogen-bond acceptors (Lipinski definition) is 1. The first kappa shape index (κ1) is 11.4. The molecule has 0 saturated heterocycles. The second-order valence-electron chi connectivity index (χ2n) is 3.32. The lowest BCUT2D eigenvalue weighted by molar-refractivity contribution is 0.653. The van der Waals surface area contributed by atoms with Crippen LogP contribution in [0, 0.1) is 0 Å². The van der Waals surface area contributed by atoms with Crippen LogP contribution in [-0.4, -0.2) is 25.2 Å². The first-order valence-electron chi connectivity index (χ1n) is 5.04. The third-order valence-corrected chi connectivity index (χ3v) is 5.18. The SMILES string of the molecule is CCC(C)N[SiH2]CCC[SiH2]C.